The van der Waals surface area contributed by atoms with Gasteiger partial charge in [0.2, 0.25) is 5.91 Å². The molecule has 2 aliphatic rings. The van der Waals surface area contributed by atoms with Crippen LogP contribution in [0.4, 0.5) is 0 Å². The van der Waals surface area contributed by atoms with Crippen molar-refractivity contribution in [3.8, 4) is 11.8 Å². The van der Waals surface area contributed by atoms with Crippen LogP contribution in [0.15, 0.2) is 12.1 Å². The minimum absolute atomic E-state index is 0.406. The van der Waals surface area contributed by atoms with Crippen molar-refractivity contribution < 1.29 is 9.59 Å². The highest BCUT2D eigenvalue weighted by Crippen LogP contribution is 2.45. The third kappa shape index (κ3) is 3.63. The first-order chi connectivity index (χ1) is 12.0. The third-order valence-corrected chi connectivity index (χ3v) is 6.05. The molecule has 1 saturated carbocycles. The van der Waals surface area contributed by atoms with Crippen LogP contribution in [0.25, 0.3) is 0 Å². The minimum atomic E-state index is -0.406. The molecule has 3 heteroatoms. The predicted octanol–water partition coefficient (Wildman–Crippen LogP) is 3.97. The number of nitrogens with two attached hydrogens (primary N) is 1. The summed E-state index contributed by atoms with van der Waals surface area (Å²) in [6.45, 7) is 4.08. The molecule has 0 aromatic heterocycles. The summed E-state index contributed by atoms with van der Waals surface area (Å²) in [4.78, 5) is 23.8. The van der Waals surface area contributed by atoms with Crippen LogP contribution in [-0.4, -0.2) is 11.7 Å². The summed E-state index contributed by atoms with van der Waals surface area (Å²) in [5, 5.41) is 0. The van der Waals surface area contributed by atoms with E-state index in [4.69, 9.17) is 5.73 Å². The van der Waals surface area contributed by atoms with E-state index < -0.39 is 5.91 Å². The highest BCUT2D eigenvalue weighted by molar-refractivity contribution is 5.96. The zero-order chi connectivity index (χ0) is 18.0. The SMILES string of the molecule is CC#Cc1cc2c(cc1C(N)=O)CCC1C(C)CCC(=O)CCCC21. The van der Waals surface area contributed by atoms with E-state index in [0.717, 1.165) is 44.1 Å². The Labute approximate surface area is 150 Å². The molecule has 1 fully saturated rings. The molecule has 132 valence electrons. The van der Waals surface area contributed by atoms with Crippen molar-refractivity contribution in [3.63, 3.8) is 0 Å². The van der Waals surface area contributed by atoms with Gasteiger partial charge < -0.3 is 5.73 Å². The Hall–Kier alpha value is -2.08. The molecular formula is C22H27NO2. The highest BCUT2D eigenvalue weighted by atomic mass is 16.1. The number of hydrogen-bond acceptors (Lipinski definition) is 2. The van der Waals surface area contributed by atoms with Gasteiger partial charge in [0.15, 0.2) is 0 Å². The van der Waals surface area contributed by atoms with Gasteiger partial charge in [0.1, 0.15) is 5.78 Å². The number of carbonyl (C=O) groups excluding carboxylic acids is 2. The maximum absolute atomic E-state index is 12.0. The number of aryl methyl sites for hydroxylation is 1. The van der Waals surface area contributed by atoms with E-state index in [2.05, 4.69) is 24.8 Å². The molecule has 3 nitrogen and oxygen atoms in total. The van der Waals surface area contributed by atoms with Gasteiger partial charge in [-0.3, -0.25) is 9.59 Å². The monoisotopic (exact) mass is 337 g/mol. The molecule has 0 heterocycles. The molecule has 3 atom stereocenters. The smallest absolute Gasteiger partial charge is 0.249 e. The fraction of sp³-hybridized carbons (Fsp3) is 0.545. The van der Waals surface area contributed by atoms with Crippen LogP contribution in [0.1, 0.15) is 85.3 Å². The largest absolute Gasteiger partial charge is 0.366 e. The normalized spacial score (nSPS) is 26.2. The topological polar surface area (TPSA) is 60.2 Å². The average molecular weight is 337 g/mol. The van der Waals surface area contributed by atoms with E-state index in [0.29, 0.717) is 35.5 Å². The quantitative estimate of drug-likeness (QED) is 0.788. The Morgan fingerprint density at radius 3 is 2.68 bits per heavy atom. The average Bonchev–Trinajstić information content (AvgIpc) is 2.65. The summed E-state index contributed by atoms with van der Waals surface area (Å²) < 4.78 is 0. The molecule has 0 saturated heterocycles. The number of primary amides is 1. The first kappa shape index (κ1) is 17.7. The summed E-state index contributed by atoms with van der Waals surface area (Å²) >= 11 is 0. The van der Waals surface area contributed by atoms with E-state index >= 15 is 0 Å². The summed E-state index contributed by atoms with van der Waals surface area (Å²) in [7, 11) is 0. The molecule has 2 aliphatic carbocycles. The molecule has 1 aromatic carbocycles. The van der Waals surface area contributed by atoms with Crippen molar-refractivity contribution in [2.24, 2.45) is 17.6 Å². The van der Waals surface area contributed by atoms with Gasteiger partial charge in [-0.05, 0) is 80.0 Å². The van der Waals surface area contributed by atoms with Crippen LogP contribution in [-0.2, 0) is 11.2 Å². The number of Topliss-reactive ketones (excluding diaryl/α,β-unsaturated/α-hetero) is 1. The lowest BCUT2D eigenvalue weighted by atomic mass is 9.67. The van der Waals surface area contributed by atoms with Crippen LogP contribution in [0.3, 0.4) is 0 Å². The number of hydrogen-bond donors (Lipinski definition) is 1. The van der Waals surface area contributed by atoms with Gasteiger partial charge >= 0.3 is 0 Å². The lowest BCUT2D eigenvalue weighted by molar-refractivity contribution is -0.119. The van der Waals surface area contributed by atoms with Gasteiger partial charge in [-0.1, -0.05) is 12.8 Å². The molecule has 0 bridgehead atoms. The fourth-order valence-corrected chi connectivity index (χ4v) is 4.72. The molecule has 0 spiro atoms. The van der Waals surface area contributed by atoms with Crippen LogP contribution in [0, 0.1) is 23.7 Å². The summed E-state index contributed by atoms with van der Waals surface area (Å²) in [6, 6.07) is 4.07. The second-order valence-corrected chi connectivity index (χ2v) is 7.59. The van der Waals surface area contributed by atoms with Crippen molar-refractivity contribution in [3.05, 3.63) is 34.4 Å². The lowest BCUT2D eigenvalue weighted by Crippen LogP contribution is -2.27. The number of fused-ring (bicyclic) bond motifs is 3. The zero-order valence-corrected chi connectivity index (χ0v) is 15.2. The van der Waals surface area contributed by atoms with E-state index in [1.165, 1.54) is 11.1 Å². The van der Waals surface area contributed by atoms with Gasteiger partial charge in [0, 0.05) is 18.4 Å². The molecule has 0 radical (unpaired) electrons. The van der Waals surface area contributed by atoms with Crippen molar-refractivity contribution >= 4 is 11.7 Å². The van der Waals surface area contributed by atoms with Gasteiger partial charge in [-0.25, -0.2) is 0 Å². The highest BCUT2D eigenvalue weighted by Gasteiger charge is 2.34. The van der Waals surface area contributed by atoms with Crippen molar-refractivity contribution in [1.82, 2.24) is 0 Å². The number of amides is 1. The third-order valence-electron chi connectivity index (χ3n) is 6.05. The maximum Gasteiger partial charge on any atom is 0.249 e. The van der Waals surface area contributed by atoms with Crippen LogP contribution in [0.2, 0.25) is 0 Å². The van der Waals surface area contributed by atoms with Gasteiger partial charge in [-0.2, -0.15) is 0 Å². The van der Waals surface area contributed by atoms with Gasteiger partial charge in [0.25, 0.3) is 0 Å². The minimum Gasteiger partial charge on any atom is -0.366 e. The summed E-state index contributed by atoms with van der Waals surface area (Å²) in [6.07, 6.45) is 6.53. The maximum atomic E-state index is 12.0. The molecule has 2 N–H and O–H groups in total. The van der Waals surface area contributed by atoms with Crippen LogP contribution in [0.5, 0.6) is 0 Å². The van der Waals surface area contributed by atoms with Gasteiger partial charge in [0.05, 0.1) is 5.56 Å². The Kier molecular flexibility index (Phi) is 5.27. The predicted molar refractivity (Wildman–Crippen MR) is 99.3 cm³/mol. The molecule has 3 rings (SSSR count). The van der Waals surface area contributed by atoms with E-state index in [9.17, 15) is 9.59 Å². The number of rotatable bonds is 1. The molecule has 3 unspecified atom stereocenters. The Morgan fingerprint density at radius 1 is 1.16 bits per heavy atom. The molecule has 1 aromatic rings. The molecule has 0 aliphatic heterocycles. The Balaban J connectivity index is 2.04. The standard InChI is InChI=1S/C22H27NO2/c1-3-5-15-12-20-16(13-21(15)22(23)25)9-11-18-14(2)8-10-17(24)6-4-7-19(18)20/h12-14,18-19H,4,6-11H2,1-2H3,(H2,23,25). The van der Waals surface area contributed by atoms with Crippen LogP contribution < -0.4 is 5.73 Å². The molecular weight excluding hydrogens is 310 g/mol. The van der Waals surface area contributed by atoms with E-state index in [-0.39, 0.29) is 0 Å². The van der Waals surface area contributed by atoms with Crippen molar-refractivity contribution in [2.45, 2.75) is 64.7 Å². The fourth-order valence-electron chi connectivity index (χ4n) is 4.72. The Bertz CT molecular complexity index is 753. The number of carbonyl (C=O) groups is 2. The second-order valence-electron chi connectivity index (χ2n) is 7.59. The zero-order valence-electron chi connectivity index (χ0n) is 15.2. The first-order valence-corrected chi connectivity index (χ1v) is 9.42. The summed E-state index contributed by atoms with van der Waals surface area (Å²) in [5.74, 6) is 7.59. The summed E-state index contributed by atoms with van der Waals surface area (Å²) in [5.41, 5.74) is 9.44. The Morgan fingerprint density at radius 2 is 1.96 bits per heavy atom. The van der Waals surface area contributed by atoms with E-state index in [1.807, 2.05) is 6.07 Å². The molecule has 25 heavy (non-hydrogen) atoms. The lowest BCUT2D eigenvalue weighted by Gasteiger charge is -2.37. The van der Waals surface area contributed by atoms with Gasteiger partial charge in [-0.15, -0.1) is 5.92 Å². The number of benzene rings is 1. The number of ketones is 1. The first-order valence-electron chi connectivity index (χ1n) is 9.42. The van der Waals surface area contributed by atoms with Crippen molar-refractivity contribution in [2.75, 3.05) is 0 Å². The molecule has 1 amide bonds. The second kappa shape index (κ2) is 7.44. The van der Waals surface area contributed by atoms with E-state index in [1.54, 1.807) is 6.92 Å². The van der Waals surface area contributed by atoms with Crippen molar-refractivity contribution in [1.29, 1.82) is 0 Å². The van der Waals surface area contributed by atoms with Crippen LogP contribution >= 0.6 is 0 Å².